The average molecular weight is 285 g/mol. The lowest BCUT2D eigenvalue weighted by Gasteiger charge is -2.42. The Bertz CT molecular complexity index is 531. The molecule has 0 saturated carbocycles. The maximum Gasteiger partial charge on any atom is 0.587 e. The first kappa shape index (κ1) is 12.1. The van der Waals surface area contributed by atoms with Crippen LogP contribution in [0.1, 0.15) is 0 Å². The summed E-state index contributed by atoms with van der Waals surface area (Å²) >= 11 is 0. The molecule has 3 aliphatic heterocycles. The largest absolute Gasteiger partial charge is 0.587 e. The molecule has 0 spiro atoms. The zero-order chi connectivity index (χ0) is 13.7. The number of alkyl halides is 2. The van der Waals surface area contributed by atoms with E-state index in [9.17, 15) is 8.78 Å². The minimum absolute atomic E-state index is 0.0257. The average Bonchev–Trinajstić information content (AvgIpc) is 2.70. The van der Waals surface area contributed by atoms with Crippen LogP contribution in [0.15, 0.2) is 12.3 Å². The monoisotopic (exact) mass is 285 g/mol. The zero-order valence-corrected chi connectivity index (χ0v) is 10.5. The molecule has 8 heteroatoms. The van der Waals surface area contributed by atoms with Gasteiger partial charge in [-0.1, -0.05) is 0 Å². The van der Waals surface area contributed by atoms with Crippen LogP contribution in [-0.4, -0.2) is 49.7 Å². The summed E-state index contributed by atoms with van der Waals surface area (Å²) in [4.78, 5) is 5.97. The van der Waals surface area contributed by atoms with Crippen molar-refractivity contribution < 1.29 is 23.0 Å². The van der Waals surface area contributed by atoms with E-state index in [0.717, 1.165) is 18.8 Å². The fourth-order valence-electron chi connectivity index (χ4n) is 2.77. The molecule has 0 aromatic carbocycles. The molecule has 2 bridgehead atoms. The molecule has 2 atom stereocenters. The van der Waals surface area contributed by atoms with Crippen LogP contribution in [0, 0.1) is 0 Å². The lowest BCUT2D eigenvalue weighted by atomic mass is 10.1. The highest BCUT2D eigenvalue weighted by Gasteiger charge is 2.45. The molecule has 2 unspecified atom stereocenters. The number of halogens is 2. The van der Waals surface area contributed by atoms with E-state index >= 15 is 0 Å². The van der Waals surface area contributed by atoms with Crippen molar-refractivity contribution in [3.8, 4) is 11.6 Å². The molecule has 3 aliphatic rings. The van der Waals surface area contributed by atoms with Gasteiger partial charge in [-0.15, -0.1) is 8.78 Å². The standard InChI is InChI=1S/C12H13F2N3O3/c13-12(14)19-10-1-7(2-16-11(10)20-12)17-5-8-3-15-4-9(6-17)18-8/h1-2,8-9,15H,3-6H2. The Morgan fingerprint density at radius 3 is 2.75 bits per heavy atom. The number of fused-ring (bicyclic) bond motifs is 3. The van der Waals surface area contributed by atoms with Crippen LogP contribution in [0.2, 0.25) is 0 Å². The maximum absolute atomic E-state index is 13.0. The van der Waals surface area contributed by atoms with Crippen molar-refractivity contribution in [3.63, 3.8) is 0 Å². The van der Waals surface area contributed by atoms with E-state index in [0.29, 0.717) is 13.1 Å². The molecule has 0 amide bonds. The number of anilines is 1. The number of rotatable bonds is 1. The number of morpholine rings is 2. The Morgan fingerprint density at radius 2 is 2.00 bits per heavy atom. The van der Waals surface area contributed by atoms with E-state index in [1.165, 1.54) is 12.3 Å². The summed E-state index contributed by atoms with van der Waals surface area (Å²) in [5.74, 6) is -0.198. The predicted molar refractivity (Wildman–Crippen MR) is 64.2 cm³/mol. The van der Waals surface area contributed by atoms with Crippen LogP contribution in [0.3, 0.4) is 0 Å². The van der Waals surface area contributed by atoms with Gasteiger partial charge in [-0.3, -0.25) is 0 Å². The van der Waals surface area contributed by atoms with Crippen molar-refractivity contribution in [1.29, 1.82) is 0 Å². The van der Waals surface area contributed by atoms with E-state index in [1.54, 1.807) is 0 Å². The quantitative estimate of drug-likeness (QED) is 0.814. The van der Waals surface area contributed by atoms with E-state index in [4.69, 9.17) is 4.74 Å². The van der Waals surface area contributed by atoms with Crippen LogP contribution >= 0.6 is 0 Å². The van der Waals surface area contributed by atoms with Gasteiger partial charge >= 0.3 is 6.29 Å². The minimum Gasteiger partial charge on any atom is -0.393 e. The van der Waals surface area contributed by atoms with Crippen LogP contribution in [-0.2, 0) is 4.74 Å². The van der Waals surface area contributed by atoms with E-state index in [2.05, 4.69) is 24.7 Å². The topological polar surface area (TPSA) is 55.9 Å². The molecular weight excluding hydrogens is 272 g/mol. The highest BCUT2D eigenvalue weighted by Crippen LogP contribution is 2.41. The van der Waals surface area contributed by atoms with Crippen LogP contribution in [0.4, 0.5) is 14.5 Å². The maximum atomic E-state index is 13.0. The molecule has 1 aromatic rings. The lowest BCUT2D eigenvalue weighted by Crippen LogP contribution is -2.58. The Morgan fingerprint density at radius 1 is 1.25 bits per heavy atom. The Labute approximate surface area is 113 Å². The van der Waals surface area contributed by atoms with Gasteiger partial charge in [0.05, 0.1) is 24.1 Å². The third-order valence-corrected chi connectivity index (χ3v) is 3.59. The first-order valence-corrected chi connectivity index (χ1v) is 6.46. The number of nitrogens with one attached hydrogen (secondary N) is 1. The van der Waals surface area contributed by atoms with Gasteiger partial charge in [0.1, 0.15) is 0 Å². The predicted octanol–water partition coefficient (Wildman–Crippen LogP) is 0.580. The van der Waals surface area contributed by atoms with Crippen molar-refractivity contribution in [2.45, 2.75) is 18.5 Å². The molecule has 4 heterocycles. The molecule has 6 nitrogen and oxygen atoms in total. The second-order valence-electron chi connectivity index (χ2n) is 5.11. The molecule has 20 heavy (non-hydrogen) atoms. The van der Waals surface area contributed by atoms with Crippen LogP contribution < -0.4 is 19.7 Å². The highest BCUT2D eigenvalue weighted by molar-refractivity contribution is 5.53. The first-order chi connectivity index (χ1) is 9.59. The molecule has 0 aliphatic carbocycles. The summed E-state index contributed by atoms with van der Waals surface area (Å²) in [5, 5.41) is 3.30. The first-order valence-electron chi connectivity index (χ1n) is 6.46. The summed E-state index contributed by atoms with van der Waals surface area (Å²) in [6.45, 7) is 2.98. The number of nitrogens with zero attached hydrogens (tertiary/aromatic N) is 2. The molecule has 2 saturated heterocycles. The van der Waals surface area contributed by atoms with Crippen molar-refractivity contribution >= 4 is 5.69 Å². The van der Waals surface area contributed by atoms with Gasteiger partial charge in [-0.05, 0) is 0 Å². The Balaban J connectivity index is 1.58. The second kappa shape index (κ2) is 4.16. The molecular formula is C12H13F2N3O3. The number of hydrogen-bond acceptors (Lipinski definition) is 6. The summed E-state index contributed by atoms with van der Waals surface area (Å²) in [5.41, 5.74) is 0.741. The summed E-state index contributed by atoms with van der Waals surface area (Å²) < 4.78 is 40.5. The molecule has 2 fully saturated rings. The van der Waals surface area contributed by atoms with Gasteiger partial charge in [0.2, 0.25) is 0 Å². The zero-order valence-electron chi connectivity index (χ0n) is 10.5. The smallest absolute Gasteiger partial charge is 0.393 e. The van der Waals surface area contributed by atoms with Gasteiger partial charge in [0, 0.05) is 32.2 Å². The fourth-order valence-corrected chi connectivity index (χ4v) is 2.77. The number of ether oxygens (including phenoxy) is 3. The highest BCUT2D eigenvalue weighted by atomic mass is 19.3. The molecule has 1 N–H and O–H groups in total. The lowest BCUT2D eigenvalue weighted by molar-refractivity contribution is -0.287. The summed E-state index contributed by atoms with van der Waals surface area (Å²) in [6.07, 6.45) is -1.89. The van der Waals surface area contributed by atoms with E-state index in [-0.39, 0.29) is 23.8 Å². The van der Waals surface area contributed by atoms with Crippen molar-refractivity contribution in [2.24, 2.45) is 0 Å². The molecule has 0 radical (unpaired) electrons. The van der Waals surface area contributed by atoms with E-state index in [1.807, 2.05) is 0 Å². The van der Waals surface area contributed by atoms with Crippen molar-refractivity contribution in [2.75, 3.05) is 31.1 Å². The van der Waals surface area contributed by atoms with Gasteiger partial charge in [-0.2, -0.15) is 0 Å². The van der Waals surface area contributed by atoms with E-state index < -0.39 is 6.29 Å². The Kier molecular flexibility index (Phi) is 2.52. The number of pyridine rings is 1. The molecule has 108 valence electrons. The van der Waals surface area contributed by atoms with Crippen molar-refractivity contribution in [1.82, 2.24) is 10.3 Å². The molecule has 4 rings (SSSR count). The van der Waals surface area contributed by atoms with Crippen LogP contribution in [0.5, 0.6) is 11.6 Å². The third kappa shape index (κ3) is 2.04. The number of aromatic nitrogens is 1. The summed E-state index contributed by atoms with van der Waals surface area (Å²) in [7, 11) is 0. The van der Waals surface area contributed by atoms with Crippen molar-refractivity contribution in [3.05, 3.63) is 12.3 Å². The van der Waals surface area contributed by atoms with Gasteiger partial charge in [-0.25, -0.2) is 4.98 Å². The van der Waals surface area contributed by atoms with Gasteiger partial charge < -0.3 is 24.4 Å². The third-order valence-electron chi connectivity index (χ3n) is 3.59. The SMILES string of the molecule is FC1(F)Oc2cc(N3CC4CNCC(C3)O4)cnc2O1. The Hall–Kier alpha value is -1.67. The second-order valence-corrected chi connectivity index (χ2v) is 5.11. The number of hydrogen-bond donors (Lipinski definition) is 1. The minimum atomic E-state index is -3.63. The van der Waals surface area contributed by atoms with Gasteiger partial charge in [0.25, 0.3) is 5.88 Å². The fraction of sp³-hybridized carbons (Fsp3) is 0.583. The normalized spacial score (nSPS) is 30.4. The summed E-state index contributed by atoms with van der Waals surface area (Å²) in [6, 6.07) is 1.54. The van der Waals surface area contributed by atoms with Gasteiger partial charge in [0.15, 0.2) is 5.75 Å². The van der Waals surface area contributed by atoms with Crippen LogP contribution in [0.25, 0.3) is 0 Å². The molecule has 1 aromatic heterocycles.